The van der Waals surface area contributed by atoms with Crippen LogP contribution >= 0.6 is 0 Å². The first-order chi connectivity index (χ1) is 9.21. The monoisotopic (exact) mass is 259 g/mol. The van der Waals surface area contributed by atoms with Gasteiger partial charge in [0.05, 0.1) is 14.2 Å². The molecular weight excluding hydrogens is 242 g/mol. The van der Waals surface area contributed by atoms with E-state index in [1.165, 1.54) is 0 Å². The number of hydrogen-bond acceptors (Lipinski definition) is 5. The number of benzene rings is 1. The molecule has 2 rings (SSSR count). The Morgan fingerprint density at radius 2 is 1.95 bits per heavy atom. The van der Waals surface area contributed by atoms with Crippen LogP contribution in [0.25, 0.3) is 0 Å². The summed E-state index contributed by atoms with van der Waals surface area (Å²) in [5, 5.41) is 3.17. The maximum Gasteiger partial charge on any atom is 0.226 e. The van der Waals surface area contributed by atoms with Gasteiger partial charge in [-0.25, -0.2) is 4.98 Å². The van der Waals surface area contributed by atoms with Gasteiger partial charge in [-0.15, -0.1) is 0 Å². The van der Waals surface area contributed by atoms with E-state index in [-0.39, 0.29) is 0 Å². The van der Waals surface area contributed by atoms with Crippen LogP contribution in [-0.4, -0.2) is 24.2 Å². The second-order valence-electron chi connectivity index (χ2n) is 4.08. The molecule has 0 spiro atoms. The molecule has 0 atom stereocenters. The largest absolute Gasteiger partial charge is 0.497 e. The van der Waals surface area contributed by atoms with Crippen LogP contribution in [0.2, 0.25) is 0 Å². The Balaban J connectivity index is 2.07. The summed E-state index contributed by atoms with van der Waals surface area (Å²) in [5.41, 5.74) is 1.96. The van der Waals surface area contributed by atoms with Crippen LogP contribution in [0.3, 0.4) is 0 Å². The van der Waals surface area contributed by atoms with Crippen molar-refractivity contribution < 1.29 is 9.47 Å². The Morgan fingerprint density at radius 1 is 1.11 bits per heavy atom. The third-order valence-corrected chi connectivity index (χ3v) is 2.62. The lowest BCUT2D eigenvalue weighted by molar-refractivity contribution is 0.397. The molecule has 0 saturated carbocycles. The molecule has 1 aromatic heterocycles. The van der Waals surface area contributed by atoms with Gasteiger partial charge in [0.25, 0.3) is 0 Å². The molecule has 0 amide bonds. The number of methoxy groups -OCH3 is 2. The molecule has 0 aliphatic heterocycles. The van der Waals surface area contributed by atoms with Gasteiger partial charge in [0.2, 0.25) is 11.8 Å². The molecular formula is C14H17N3O2. The zero-order chi connectivity index (χ0) is 13.7. The van der Waals surface area contributed by atoms with Crippen LogP contribution in [0.4, 0.5) is 5.95 Å². The van der Waals surface area contributed by atoms with Crippen molar-refractivity contribution in [1.82, 2.24) is 9.97 Å². The van der Waals surface area contributed by atoms with E-state index in [0.717, 1.165) is 17.0 Å². The van der Waals surface area contributed by atoms with Crippen molar-refractivity contribution >= 4 is 5.95 Å². The Bertz CT molecular complexity index is 558. The predicted molar refractivity (Wildman–Crippen MR) is 73.6 cm³/mol. The van der Waals surface area contributed by atoms with Gasteiger partial charge in [-0.05, 0) is 24.6 Å². The maximum absolute atomic E-state index is 5.18. The third kappa shape index (κ3) is 3.58. The van der Waals surface area contributed by atoms with E-state index in [1.54, 1.807) is 20.3 Å². The maximum atomic E-state index is 5.18. The molecule has 0 aliphatic rings. The van der Waals surface area contributed by atoms with Crippen molar-refractivity contribution in [2.45, 2.75) is 13.5 Å². The van der Waals surface area contributed by atoms with Gasteiger partial charge in [0.1, 0.15) is 5.75 Å². The number of aryl methyl sites for hydroxylation is 1. The standard InChI is InChI=1S/C14H17N3O2/c1-10-7-13(19-3)17-14(16-10)15-9-11-5-4-6-12(8-11)18-2/h4-8H,9H2,1-3H3,(H,15,16,17). The number of nitrogens with zero attached hydrogens (tertiary/aromatic N) is 2. The summed E-state index contributed by atoms with van der Waals surface area (Å²) in [7, 11) is 3.24. The number of aromatic nitrogens is 2. The molecule has 1 aromatic carbocycles. The normalized spacial score (nSPS) is 10.1. The highest BCUT2D eigenvalue weighted by atomic mass is 16.5. The summed E-state index contributed by atoms with van der Waals surface area (Å²) in [5.74, 6) is 1.95. The summed E-state index contributed by atoms with van der Waals surface area (Å²) < 4.78 is 10.3. The minimum Gasteiger partial charge on any atom is -0.497 e. The van der Waals surface area contributed by atoms with Crippen molar-refractivity contribution in [2.24, 2.45) is 0 Å². The highest BCUT2D eigenvalue weighted by molar-refractivity contribution is 5.34. The number of rotatable bonds is 5. The molecule has 0 aliphatic carbocycles. The molecule has 0 saturated heterocycles. The Labute approximate surface area is 112 Å². The minimum absolute atomic E-state index is 0.555. The van der Waals surface area contributed by atoms with Crippen LogP contribution in [0.5, 0.6) is 11.6 Å². The van der Waals surface area contributed by atoms with Crippen molar-refractivity contribution in [2.75, 3.05) is 19.5 Å². The summed E-state index contributed by atoms with van der Waals surface area (Å²) >= 11 is 0. The topological polar surface area (TPSA) is 56.3 Å². The summed E-state index contributed by atoms with van der Waals surface area (Å²) in [6.07, 6.45) is 0. The second kappa shape index (κ2) is 6.04. The summed E-state index contributed by atoms with van der Waals surface area (Å²) in [4.78, 5) is 8.54. The molecule has 100 valence electrons. The molecule has 1 N–H and O–H groups in total. The first kappa shape index (κ1) is 13.1. The highest BCUT2D eigenvalue weighted by Crippen LogP contribution is 2.15. The molecule has 19 heavy (non-hydrogen) atoms. The first-order valence-electron chi connectivity index (χ1n) is 5.97. The van der Waals surface area contributed by atoms with Crippen molar-refractivity contribution in [3.63, 3.8) is 0 Å². The average Bonchev–Trinajstić information content (AvgIpc) is 2.44. The van der Waals surface area contributed by atoms with E-state index in [1.807, 2.05) is 31.2 Å². The van der Waals surface area contributed by atoms with Crippen LogP contribution < -0.4 is 14.8 Å². The lowest BCUT2D eigenvalue weighted by atomic mass is 10.2. The van der Waals surface area contributed by atoms with Gasteiger partial charge >= 0.3 is 0 Å². The third-order valence-electron chi connectivity index (χ3n) is 2.62. The Hall–Kier alpha value is -2.30. The lowest BCUT2D eigenvalue weighted by Gasteiger charge is -2.08. The molecule has 5 nitrogen and oxygen atoms in total. The zero-order valence-electron chi connectivity index (χ0n) is 11.3. The van der Waals surface area contributed by atoms with E-state index in [0.29, 0.717) is 18.4 Å². The van der Waals surface area contributed by atoms with Crippen molar-refractivity contribution in [3.05, 3.63) is 41.6 Å². The Morgan fingerprint density at radius 3 is 2.68 bits per heavy atom. The van der Waals surface area contributed by atoms with E-state index < -0.39 is 0 Å². The number of nitrogens with one attached hydrogen (secondary N) is 1. The molecule has 0 radical (unpaired) electrons. The van der Waals surface area contributed by atoms with E-state index in [4.69, 9.17) is 9.47 Å². The van der Waals surface area contributed by atoms with Crippen LogP contribution in [0.15, 0.2) is 30.3 Å². The second-order valence-corrected chi connectivity index (χ2v) is 4.08. The number of hydrogen-bond donors (Lipinski definition) is 1. The Kier molecular flexibility index (Phi) is 4.18. The van der Waals surface area contributed by atoms with Crippen molar-refractivity contribution in [1.29, 1.82) is 0 Å². The SMILES string of the molecule is COc1cccc(CNc2nc(C)cc(OC)n2)c1. The summed E-state index contributed by atoms with van der Waals surface area (Å²) in [6.45, 7) is 2.53. The van der Waals surface area contributed by atoms with E-state index >= 15 is 0 Å². The van der Waals surface area contributed by atoms with Gasteiger partial charge < -0.3 is 14.8 Å². The van der Waals surface area contributed by atoms with E-state index in [2.05, 4.69) is 15.3 Å². The van der Waals surface area contributed by atoms with Gasteiger partial charge in [-0.1, -0.05) is 12.1 Å². The number of ether oxygens (including phenoxy) is 2. The quantitative estimate of drug-likeness (QED) is 0.893. The summed E-state index contributed by atoms with van der Waals surface area (Å²) in [6, 6.07) is 9.64. The van der Waals surface area contributed by atoms with Crippen LogP contribution in [0, 0.1) is 6.92 Å². The van der Waals surface area contributed by atoms with Gasteiger partial charge in [0, 0.05) is 18.3 Å². The van der Waals surface area contributed by atoms with Gasteiger partial charge in [0.15, 0.2) is 0 Å². The van der Waals surface area contributed by atoms with E-state index in [9.17, 15) is 0 Å². The van der Waals surface area contributed by atoms with Crippen molar-refractivity contribution in [3.8, 4) is 11.6 Å². The molecule has 0 unspecified atom stereocenters. The first-order valence-corrected chi connectivity index (χ1v) is 5.97. The van der Waals surface area contributed by atoms with Crippen LogP contribution in [-0.2, 0) is 6.54 Å². The zero-order valence-corrected chi connectivity index (χ0v) is 11.3. The molecule has 1 heterocycles. The van der Waals surface area contributed by atoms with Crippen LogP contribution in [0.1, 0.15) is 11.3 Å². The van der Waals surface area contributed by atoms with Gasteiger partial charge in [-0.2, -0.15) is 4.98 Å². The molecule has 0 fully saturated rings. The fourth-order valence-corrected chi connectivity index (χ4v) is 1.69. The fourth-order valence-electron chi connectivity index (χ4n) is 1.69. The van der Waals surface area contributed by atoms with Gasteiger partial charge in [-0.3, -0.25) is 0 Å². The fraction of sp³-hybridized carbons (Fsp3) is 0.286. The number of anilines is 1. The molecule has 0 bridgehead atoms. The highest BCUT2D eigenvalue weighted by Gasteiger charge is 2.02. The lowest BCUT2D eigenvalue weighted by Crippen LogP contribution is -2.05. The molecule has 2 aromatic rings. The smallest absolute Gasteiger partial charge is 0.226 e. The molecule has 5 heteroatoms. The predicted octanol–water partition coefficient (Wildman–Crippen LogP) is 2.41. The average molecular weight is 259 g/mol. The minimum atomic E-state index is 0.555.